The van der Waals surface area contributed by atoms with E-state index in [1.54, 1.807) is 9.80 Å². The van der Waals surface area contributed by atoms with Crippen molar-refractivity contribution in [1.29, 1.82) is 0 Å². The Morgan fingerprint density at radius 3 is 2.52 bits per heavy atom. The van der Waals surface area contributed by atoms with Gasteiger partial charge in [-0.05, 0) is 24.8 Å². The molecular weight excluding hydrogens is 370 g/mol. The number of morpholine rings is 1. The lowest BCUT2D eigenvalue weighted by Crippen LogP contribution is -2.62. The molecule has 0 spiro atoms. The first-order valence-corrected chi connectivity index (χ1v) is 10.8. The van der Waals surface area contributed by atoms with Crippen LogP contribution in [0.3, 0.4) is 0 Å². The average Bonchev–Trinajstić information content (AvgIpc) is 3.04. The van der Waals surface area contributed by atoms with Crippen molar-refractivity contribution in [3.63, 3.8) is 0 Å². The highest BCUT2D eigenvalue weighted by atomic mass is 16.5. The van der Waals surface area contributed by atoms with Crippen LogP contribution in [0.2, 0.25) is 0 Å². The zero-order valence-corrected chi connectivity index (χ0v) is 16.6. The van der Waals surface area contributed by atoms with E-state index in [0.29, 0.717) is 32.5 Å². The first-order valence-electron chi connectivity index (χ1n) is 10.8. The lowest BCUT2D eigenvalue weighted by atomic mass is 9.80. The fraction of sp³-hybridized carbons (Fsp3) is 0.636. The topological polar surface area (TPSA) is 82.1 Å². The molecule has 0 saturated carbocycles. The zero-order valence-electron chi connectivity index (χ0n) is 16.6. The van der Waals surface area contributed by atoms with Crippen LogP contribution in [0.15, 0.2) is 30.3 Å². The number of fused-ring (bicyclic) bond motifs is 3. The third-order valence-electron chi connectivity index (χ3n) is 7.17. The van der Waals surface area contributed by atoms with Crippen LogP contribution >= 0.6 is 0 Å². The van der Waals surface area contributed by atoms with Crippen molar-refractivity contribution in [3.8, 4) is 0 Å². The molecule has 5 rings (SSSR count). The van der Waals surface area contributed by atoms with Gasteiger partial charge in [0.2, 0.25) is 0 Å². The fourth-order valence-corrected chi connectivity index (χ4v) is 5.75. The molecule has 4 saturated heterocycles. The Hall–Kier alpha value is -1.96. The highest BCUT2D eigenvalue weighted by Gasteiger charge is 2.51. The van der Waals surface area contributed by atoms with Gasteiger partial charge in [-0.2, -0.15) is 0 Å². The van der Waals surface area contributed by atoms with Crippen molar-refractivity contribution in [3.05, 3.63) is 35.9 Å². The number of rotatable bonds is 1. The number of carbonyl (C=O) groups is 2. The van der Waals surface area contributed by atoms with Gasteiger partial charge in [0.25, 0.3) is 0 Å². The smallest absolute Gasteiger partial charge is 0.312 e. The first kappa shape index (κ1) is 19.0. The maximum absolute atomic E-state index is 13.2. The Morgan fingerprint density at radius 1 is 1.07 bits per heavy atom. The van der Waals surface area contributed by atoms with Gasteiger partial charge in [-0.1, -0.05) is 30.3 Å². The lowest BCUT2D eigenvalue weighted by molar-refractivity contribution is -0.160. The Balaban J connectivity index is 1.28. The highest BCUT2D eigenvalue weighted by molar-refractivity contribution is 6.35. The summed E-state index contributed by atoms with van der Waals surface area (Å²) in [5.41, 5.74) is -0.0185. The maximum atomic E-state index is 13.2. The van der Waals surface area contributed by atoms with Crippen LogP contribution in [0.5, 0.6) is 0 Å². The SMILES string of the molecule is O=C(C(=O)N1C2CCC1CC(O)(c1ccccc1)C2)N1CC[C@@H]2OCCN[C@@H]2C1. The molecule has 156 valence electrons. The second-order valence-corrected chi connectivity index (χ2v) is 8.91. The summed E-state index contributed by atoms with van der Waals surface area (Å²) in [4.78, 5) is 29.7. The Bertz CT molecular complexity index is 772. The molecule has 0 radical (unpaired) electrons. The molecule has 4 aliphatic rings. The number of amides is 2. The van der Waals surface area contributed by atoms with E-state index in [1.807, 2.05) is 30.3 Å². The second kappa shape index (κ2) is 7.38. The third-order valence-corrected chi connectivity index (χ3v) is 7.17. The number of carbonyl (C=O) groups excluding carboxylic acids is 2. The van der Waals surface area contributed by atoms with Gasteiger partial charge in [-0.25, -0.2) is 0 Å². The summed E-state index contributed by atoms with van der Waals surface area (Å²) in [7, 11) is 0. The van der Waals surface area contributed by atoms with E-state index in [-0.39, 0.29) is 24.2 Å². The van der Waals surface area contributed by atoms with Crippen molar-refractivity contribution in [2.24, 2.45) is 0 Å². The molecular formula is C22H29N3O4. The van der Waals surface area contributed by atoms with Gasteiger partial charge in [-0.15, -0.1) is 0 Å². The summed E-state index contributed by atoms with van der Waals surface area (Å²) in [6.45, 7) is 2.57. The van der Waals surface area contributed by atoms with E-state index in [4.69, 9.17) is 4.74 Å². The number of likely N-dealkylation sites (tertiary alicyclic amines) is 1. The minimum absolute atomic E-state index is 0.0796. The fourth-order valence-electron chi connectivity index (χ4n) is 5.75. The molecule has 1 aromatic carbocycles. The van der Waals surface area contributed by atoms with E-state index in [1.165, 1.54) is 0 Å². The number of benzene rings is 1. The van der Waals surface area contributed by atoms with Crippen molar-refractivity contribution in [2.45, 2.75) is 61.9 Å². The van der Waals surface area contributed by atoms with Gasteiger partial charge in [0.05, 0.1) is 24.4 Å². The Kier molecular flexibility index (Phi) is 4.84. The largest absolute Gasteiger partial charge is 0.385 e. The van der Waals surface area contributed by atoms with Gasteiger partial charge >= 0.3 is 11.8 Å². The number of aliphatic hydroxyl groups is 1. The molecule has 1 aromatic rings. The number of piperidine rings is 2. The molecule has 0 aliphatic carbocycles. The first-order chi connectivity index (χ1) is 14.0. The van der Waals surface area contributed by atoms with Gasteiger partial charge in [0, 0.05) is 44.6 Å². The second-order valence-electron chi connectivity index (χ2n) is 8.91. The van der Waals surface area contributed by atoms with Gasteiger partial charge < -0.3 is 25.0 Å². The molecule has 2 N–H and O–H groups in total. The number of hydrogen-bond acceptors (Lipinski definition) is 5. The molecule has 4 fully saturated rings. The van der Waals surface area contributed by atoms with Crippen LogP contribution in [0.25, 0.3) is 0 Å². The van der Waals surface area contributed by atoms with Crippen LogP contribution in [-0.4, -0.2) is 77.2 Å². The molecule has 2 bridgehead atoms. The summed E-state index contributed by atoms with van der Waals surface area (Å²) in [5, 5.41) is 14.7. The van der Waals surface area contributed by atoms with Crippen molar-refractivity contribution in [1.82, 2.24) is 15.1 Å². The van der Waals surface area contributed by atoms with E-state index in [9.17, 15) is 14.7 Å². The van der Waals surface area contributed by atoms with Crippen LogP contribution in [0.4, 0.5) is 0 Å². The van der Waals surface area contributed by atoms with Crippen molar-refractivity contribution < 1.29 is 19.4 Å². The summed E-state index contributed by atoms with van der Waals surface area (Å²) in [6.07, 6.45) is 3.57. The van der Waals surface area contributed by atoms with Crippen molar-refractivity contribution in [2.75, 3.05) is 26.2 Å². The molecule has 4 heterocycles. The molecule has 0 aromatic heterocycles. The summed E-state index contributed by atoms with van der Waals surface area (Å²) in [5.74, 6) is -0.805. The average molecular weight is 399 g/mol. The molecule has 7 nitrogen and oxygen atoms in total. The number of nitrogens with zero attached hydrogens (tertiary/aromatic N) is 2. The molecule has 7 heteroatoms. The highest BCUT2D eigenvalue weighted by Crippen LogP contribution is 2.45. The number of ether oxygens (including phenoxy) is 1. The molecule has 4 aliphatic heterocycles. The third kappa shape index (κ3) is 3.35. The molecule has 29 heavy (non-hydrogen) atoms. The van der Waals surface area contributed by atoms with Crippen LogP contribution < -0.4 is 5.32 Å². The van der Waals surface area contributed by atoms with Crippen LogP contribution in [-0.2, 0) is 19.9 Å². The molecule has 4 atom stereocenters. The number of hydrogen-bond donors (Lipinski definition) is 2. The van der Waals surface area contributed by atoms with E-state index < -0.39 is 17.4 Å². The van der Waals surface area contributed by atoms with E-state index in [0.717, 1.165) is 31.4 Å². The van der Waals surface area contributed by atoms with E-state index >= 15 is 0 Å². The molecule has 2 amide bonds. The predicted molar refractivity (Wildman–Crippen MR) is 106 cm³/mol. The monoisotopic (exact) mass is 399 g/mol. The lowest BCUT2D eigenvalue weighted by Gasteiger charge is -2.45. The van der Waals surface area contributed by atoms with Crippen LogP contribution in [0, 0.1) is 0 Å². The zero-order chi connectivity index (χ0) is 20.0. The number of nitrogens with one attached hydrogen (secondary N) is 1. The Labute approximate surface area is 171 Å². The van der Waals surface area contributed by atoms with Gasteiger partial charge in [-0.3, -0.25) is 9.59 Å². The Morgan fingerprint density at radius 2 is 1.79 bits per heavy atom. The standard InChI is InChI=1S/C22H29N3O4/c26-20(24-10-8-19-18(14-24)23-9-11-29-19)21(27)25-16-6-7-17(25)13-22(28,12-16)15-4-2-1-3-5-15/h1-5,16-19,23,28H,6-14H2/t16?,17?,18-,19+,22?/m1/s1. The normalized spacial score (nSPS) is 36.6. The maximum Gasteiger partial charge on any atom is 0.312 e. The van der Waals surface area contributed by atoms with Gasteiger partial charge in [0.1, 0.15) is 0 Å². The quantitative estimate of drug-likeness (QED) is 0.677. The minimum atomic E-state index is -0.922. The van der Waals surface area contributed by atoms with Crippen LogP contribution in [0.1, 0.15) is 37.7 Å². The minimum Gasteiger partial charge on any atom is -0.385 e. The summed E-state index contributed by atoms with van der Waals surface area (Å²) < 4.78 is 5.77. The predicted octanol–water partition coefficient (Wildman–Crippen LogP) is 0.617. The molecule has 2 unspecified atom stereocenters. The summed E-state index contributed by atoms with van der Waals surface area (Å²) in [6, 6.07) is 9.65. The summed E-state index contributed by atoms with van der Waals surface area (Å²) >= 11 is 0. The van der Waals surface area contributed by atoms with Gasteiger partial charge in [0.15, 0.2) is 0 Å². The van der Waals surface area contributed by atoms with Crippen molar-refractivity contribution >= 4 is 11.8 Å². The van der Waals surface area contributed by atoms with E-state index in [2.05, 4.69) is 5.32 Å².